The molecule has 1 unspecified atom stereocenters. The molecule has 1 aromatic carbocycles. The Labute approximate surface area is 183 Å². The number of anilines is 1. The van der Waals surface area contributed by atoms with E-state index >= 15 is 0 Å². The van der Waals surface area contributed by atoms with E-state index in [1.807, 2.05) is 55.5 Å². The Hall–Kier alpha value is -3.13. The number of ether oxygens (including phenoxy) is 1. The summed E-state index contributed by atoms with van der Waals surface area (Å²) in [5.74, 6) is 0.285. The molecule has 0 bridgehead atoms. The van der Waals surface area contributed by atoms with Gasteiger partial charge in [0.15, 0.2) is 0 Å². The van der Waals surface area contributed by atoms with Crippen LogP contribution in [0.25, 0.3) is 11.4 Å². The van der Waals surface area contributed by atoms with E-state index < -0.39 is 6.09 Å². The zero-order chi connectivity index (χ0) is 21.5. The van der Waals surface area contributed by atoms with Crippen molar-refractivity contribution in [3.8, 4) is 11.4 Å². The molecule has 0 spiro atoms. The van der Waals surface area contributed by atoms with Crippen molar-refractivity contribution in [3.63, 3.8) is 0 Å². The number of benzene rings is 1. The minimum atomic E-state index is -1.14. The van der Waals surface area contributed by atoms with Gasteiger partial charge in [0.05, 0.1) is 19.1 Å². The third-order valence-electron chi connectivity index (χ3n) is 4.65. The number of halogens is 1. The topological polar surface area (TPSA) is 89.3 Å². The number of carbonyl (C=O) groups is 1. The Morgan fingerprint density at radius 3 is 2.67 bits per heavy atom. The van der Waals surface area contributed by atoms with Crippen LogP contribution in [0.1, 0.15) is 30.4 Å². The van der Waals surface area contributed by atoms with Gasteiger partial charge in [0.2, 0.25) is 0 Å². The number of hydrogen-bond acceptors (Lipinski definition) is 4. The second-order valence-corrected chi connectivity index (χ2v) is 7.43. The third kappa shape index (κ3) is 4.88. The number of rotatable bonds is 8. The van der Waals surface area contributed by atoms with Crippen molar-refractivity contribution in [2.24, 2.45) is 0 Å². The second-order valence-electron chi connectivity index (χ2n) is 6.52. The summed E-state index contributed by atoms with van der Waals surface area (Å²) in [6.45, 7) is 2.43. The quantitative estimate of drug-likeness (QED) is 0.424. The first-order chi connectivity index (χ1) is 14.5. The molecule has 2 heterocycles. The van der Waals surface area contributed by atoms with Gasteiger partial charge in [-0.25, -0.2) is 9.48 Å². The van der Waals surface area contributed by atoms with Crippen molar-refractivity contribution in [3.05, 3.63) is 76.6 Å². The van der Waals surface area contributed by atoms with Crippen molar-refractivity contribution < 1.29 is 14.6 Å². The fourth-order valence-corrected chi connectivity index (χ4v) is 3.63. The normalized spacial score (nSPS) is 12.1. The molecule has 0 fully saturated rings. The van der Waals surface area contributed by atoms with Gasteiger partial charge in [0.25, 0.3) is 0 Å². The van der Waals surface area contributed by atoms with Crippen molar-refractivity contribution >= 4 is 27.8 Å². The molecule has 156 valence electrons. The van der Waals surface area contributed by atoms with E-state index in [0.29, 0.717) is 30.2 Å². The molecule has 2 N–H and O–H groups in total. The van der Waals surface area contributed by atoms with Gasteiger partial charge in [-0.15, -0.1) is 0 Å². The van der Waals surface area contributed by atoms with Gasteiger partial charge in [0, 0.05) is 28.7 Å². The number of nitrogens with zero attached hydrogens (tertiary/aromatic N) is 3. The van der Waals surface area contributed by atoms with Crippen LogP contribution >= 0.6 is 15.9 Å². The molecule has 0 aliphatic carbocycles. The molecule has 0 aliphatic rings. The van der Waals surface area contributed by atoms with Crippen molar-refractivity contribution in [1.82, 2.24) is 14.8 Å². The maximum absolute atomic E-state index is 11.6. The number of amides is 1. The SMILES string of the molecule is CCn1nc(-c2ccccn2)c(C(C/C=C\OC)c2ccc(Br)cc2)c1NC(=O)O. The molecule has 1 amide bonds. The van der Waals surface area contributed by atoms with Gasteiger partial charge in [-0.3, -0.25) is 10.3 Å². The Morgan fingerprint density at radius 2 is 2.07 bits per heavy atom. The molecule has 3 aromatic rings. The van der Waals surface area contributed by atoms with Crippen molar-refractivity contribution in [1.29, 1.82) is 0 Å². The van der Waals surface area contributed by atoms with Gasteiger partial charge in [-0.1, -0.05) is 34.1 Å². The Kier molecular flexibility index (Phi) is 7.24. The zero-order valence-corrected chi connectivity index (χ0v) is 18.3. The van der Waals surface area contributed by atoms with Crippen LogP contribution in [0.4, 0.5) is 10.6 Å². The summed E-state index contributed by atoms with van der Waals surface area (Å²) in [6.07, 6.45) is 4.71. The van der Waals surface area contributed by atoms with Crippen LogP contribution in [0.3, 0.4) is 0 Å². The minimum Gasteiger partial charge on any atom is -0.505 e. The van der Waals surface area contributed by atoms with E-state index in [1.165, 1.54) is 0 Å². The highest BCUT2D eigenvalue weighted by Gasteiger charge is 2.28. The molecular formula is C22H23BrN4O3. The van der Waals surface area contributed by atoms with Gasteiger partial charge >= 0.3 is 6.09 Å². The monoisotopic (exact) mass is 470 g/mol. The van der Waals surface area contributed by atoms with Gasteiger partial charge in [-0.05, 0) is 49.2 Å². The largest absolute Gasteiger partial charge is 0.505 e. The molecular weight excluding hydrogens is 448 g/mol. The van der Waals surface area contributed by atoms with E-state index in [1.54, 1.807) is 24.3 Å². The van der Waals surface area contributed by atoms with Crippen molar-refractivity contribution in [2.45, 2.75) is 25.8 Å². The molecule has 1 atom stereocenters. The van der Waals surface area contributed by atoms with Crippen LogP contribution in [0.2, 0.25) is 0 Å². The average molecular weight is 471 g/mol. The number of aromatic nitrogens is 3. The molecule has 2 aromatic heterocycles. The van der Waals surface area contributed by atoms with Crippen LogP contribution in [0.5, 0.6) is 0 Å². The fraction of sp³-hybridized carbons (Fsp3) is 0.227. The fourth-order valence-electron chi connectivity index (χ4n) is 3.36. The molecule has 3 rings (SSSR count). The lowest BCUT2D eigenvalue weighted by molar-refractivity contribution is 0.209. The molecule has 0 saturated heterocycles. The second kappa shape index (κ2) is 10.1. The first-order valence-electron chi connectivity index (χ1n) is 9.50. The maximum atomic E-state index is 11.6. The molecule has 8 heteroatoms. The van der Waals surface area contributed by atoms with E-state index in [2.05, 4.69) is 26.2 Å². The van der Waals surface area contributed by atoms with Gasteiger partial charge < -0.3 is 9.84 Å². The number of carboxylic acid groups (broad SMARTS) is 1. The highest BCUT2D eigenvalue weighted by Crippen LogP contribution is 2.40. The molecule has 0 radical (unpaired) electrons. The summed E-state index contributed by atoms with van der Waals surface area (Å²) in [7, 11) is 1.59. The van der Waals surface area contributed by atoms with Crippen LogP contribution in [0, 0.1) is 0 Å². The Balaban J connectivity index is 2.25. The summed E-state index contributed by atoms with van der Waals surface area (Å²) in [5.41, 5.74) is 3.15. The van der Waals surface area contributed by atoms with Crippen LogP contribution < -0.4 is 5.32 Å². The van der Waals surface area contributed by atoms with Gasteiger partial charge in [0.1, 0.15) is 11.5 Å². The Bertz CT molecular complexity index is 1020. The zero-order valence-electron chi connectivity index (χ0n) is 16.7. The molecule has 0 aliphatic heterocycles. The van der Waals surface area contributed by atoms with E-state index in [-0.39, 0.29) is 5.92 Å². The van der Waals surface area contributed by atoms with Crippen LogP contribution in [-0.4, -0.2) is 33.1 Å². The third-order valence-corrected chi connectivity index (χ3v) is 5.18. The highest BCUT2D eigenvalue weighted by molar-refractivity contribution is 9.10. The highest BCUT2D eigenvalue weighted by atomic mass is 79.9. The average Bonchev–Trinajstić information content (AvgIpc) is 3.10. The van der Waals surface area contributed by atoms with Crippen LogP contribution in [0.15, 0.2) is 65.5 Å². The molecule has 30 heavy (non-hydrogen) atoms. The van der Waals surface area contributed by atoms with Gasteiger partial charge in [-0.2, -0.15) is 5.10 Å². The van der Waals surface area contributed by atoms with Crippen molar-refractivity contribution in [2.75, 3.05) is 12.4 Å². The predicted octanol–water partition coefficient (Wildman–Crippen LogP) is 5.50. The van der Waals surface area contributed by atoms with E-state index in [0.717, 1.165) is 15.6 Å². The summed E-state index contributed by atoms with van der Waals surface area (Å²) >= 11 is 3.48. The van der Waals surface area contributed by atoms with E-state index in [9.17, 15) is 9.90 Å². The molecule has 7 nitrogen and oxygen atoms in total. The predicted molar refractivity (Wildman–Crippen MR) is 120 cm³/mol. The lowest BCUT2D eigenvalue weighted by Gasteiger charge is -2.19. The number of methoxy groups -OCH3 is 1. The van der Waals surface area contributed by atoms with Crippen LogP contribution in [-0.2, 0) is 11.3 Å². The molecule has 0 saturated carbocycles. The summed E-state index contributed by atoms with van der Waals surface area (Å²) in [5, 5.41) is 16.8. The first kappa shape index (κ1) is 21.6. The summed E-state index contributed by atoms with van der Waals surface area (Å²) in [6, 6.07) is 13.6. The smallest absolute Gasteiger partial charge is 0.410 e. The summed E-state index contributed by atoms with van der Waals surface area (Å²) in [4.78, 5) is 16.1. The maximum Gasteiger partial charge on any atom is 0.410 e. The minimum absolute atomic E-state index is 0.163. The first-order valence-corrected chi connectivity index (χ1v) is 10.3. The van der Waals surface area contributed by atoms with E-state index in [4.69, 9.17) is 9.84 Å². The lowest BCUT2D eigenvalue weighted by atomic mass is 9.87. The number of pyridine rings is 1. The Morgan fingerprint density at radius 1 is 1.30 bits per heavy atom. The number of allylic oxidation sites excluding steroid dienone is 1. The number of nitrogens with one attached hydrogen (secondary N) is 1. The summed E-state index contributed by atoms with van der Waals surface area (Å²) < 4.78 is 7.72. The number of aryl methyl sites for hydroxylation is 1. The lowest BCUT2D eigenvalue weighted by Crippen LogP contribution is -2.15. The number of hydrogen-bond donors (Lipinski definition) is 2. The standard InChI is InChI=1S/C22H23BrN4O3/c1-3-27-21(25-22(28)29)19(20(26-27)18-8-4-5-13-24-18)17(7-6-14-30-2)15-9-11-16(23)12-10-15/h4-6,8-14,17,25H,3,7H2,1-2H3,(H,28,29)/b14-6-.